The second-order valence-electron chi connectivity index (χ2n) is 6.20. The third-order valence-electron chi connectivity index (χ3n) is 4.27. The van der Waals surface area contributed by atoms with Gasteiger partial charge in [-0.05, 0) is 29.8 Å². The van der Waals surface area contributed by atoms with Gasteiger partial charge in [-0.15, -0.1) is 0 Å². The summed E-state index contributed by atoms with van der Waals surface area (Å²) in [4.78, 5) is 12.7. The Bertz CT molecular complexity index is 1150. The van der Waals surface area contributed by atoms with Gasteiger partial charge in [-0.25, -0.2) is 0 Å². The fourth-order valence-corrected chi connectivity index (χ4v) is 3.00. The summed E-state index contributed by atoms with van der Waals surface area (Å²) in [6.45, 7) is 0.535. The third kappa shape index (κ3) is 4.02. The van der Waals surface area contributed by atoms with Crippen LogP contribution in [0.4, 0.5) is 0 Å². The van der Waals surface area contributed by atoms with E-state index in [-0.39, 0.29) is 11.2 Å². The largest absolute Gasteiger partial charge is 0.493 e. The Labute approximate surface area is 166 Å². The van der Waals surface area contributed by atoms with Gasteiger partial charge in [0.25, 0.3) is 0 Å². The van der Waals surface area contributed by atoms with E-state index in [1.165, 1.54) is 11.8 Å². The zero-order valence-corrected chi connectivity index (χ0v) is 15.7. The Morgan fingerprint density at radius 3 is 2.50 bits per heavy atom. The van der Waals surface area contributed by atoms with Crippen LogP contribution in [0.3, 0.4) is 0 Å². The fourth-order valence-electron chi connectivity index (χ4n) is 2.83. The molecule has 0 atom stereocenters. The maximum absolute atomic E-state index is 12.7. The number of hydrogen-bond donors (Lipinski definition) is 0. The lowest BCUT2D eigenvalue weighted by atomic mass is 10.2. The molecule has 0 aliphatic carbocycles. The van der Waals surface area contributed by atoms with Crippen LogP contribution in [-0.4, -0.2) is 6.61 Å². The molecule has 28 heavy (non-hydrogen) atoms. The first-order valence-corrected chi connectivity index (χ1v) is 9.23. The van der Waals surface area contributed by atoms with Gasteiger partial charge in [0.05, 0.1) is 17.0 Å². The quantitative estimate of drug-likeness (QED) is 0.412. The standard InChI is InChI=1S/C23H17ClO4/c24-19-8-4-5-9-20(19)28-22-15-27-21-14-17(10-11-18(21)23(22)25)26-13-12-16-6-2-1-3-7-16/h1-11,14-15H,12-13H2. The summed E-state index contributed by atoms with van der Waals surface area (Å²) in [6.07, 6.45) is 2.09. The highest BCUT2D eigenvalue weighted by atomic mass is 35.5. The number of benzene rings is 3. The average molecular weight is 393 g/mol. The zero-order chi connectivity index (χ0) is 19.3. The second kappa shape index (κ2) is 8.19. The van der Waals surface area contributed by atoms with Crippen LogP contribution in [0.25, 0.3) is 11.0 Å². The molecule has 4 nitrogen and oxygen atoms in total. The van der Waals surface area contributed by atoms with Crippen molar-refractivity contribution in [1.29, 1.82) is 0 Å². The Hall–Kier alpha value is -3.24. The van der Waals surface area contributed by atoms with Crippen molar-refractivity contribution in [2.75, 3.05) is 6.61 Å². The molecule has 0 N–H and O–H groups in total. The van der Waals surface area contributed by atoms with E-state index in [0.29, 0.717) is 34.1 Å². The van der Waals surface area contributed by atoms with Crippen molar-refractivity contribution in [1.82, 2.24) is 0 Å². The lowest BCUT2D eigenvalue weighted by Crippen LogP contribution is -2.06. The summed E-state index contributed by atoms with van der Waals surface area (Å²) in [6, 6.07) is 22.2. The number of hydrogen-bond acceptors (Lipinski definition) is 4. The Kier molecular flexibility index (Phi) is 5.31. The van der Waals surface area contributed by atoms with Gasteiger partial charge >= 0.3 is 0 Å². The topological polar surface area (TPSA) is 48.7 Å². The molecule has 4 rings (SSSR count). The van der Waals surface area contributed by atoms with E-state index in [1.54, 1.807) is 42.5 Å². The monoisotopic (exact) mass is 392 g/mol. The number of ether oxygens (including phenoxy) is 2. The van der Waals surface area contributed by atoms with Crippen LogP contribution in [0, 0.1) is 0 Å². The first kappa shape index (κ1) is 18.1. The molecule has 1 heterocycles. The molecule has 0 spiro atoms. The minimum atomic E-state index is -0.267. The molecular formula is C23H17ClO4. The maximum Gasteiger partial charge on any atom is 0.235 e. The maximum atomic E-state index is 12.7. The van der Waals surface area contributed by atoms with E-state index >= 15 is 0 Å². The molecule has 5 heteroatoms. The highest BCUT2D eigenvalue weighted by molar-refractivity contribution is 6.32. The van der Waals surface area contributed by atoms with E-state index < -0.39 is 0 Å². The SMILES string of the molecule is O=c1c(Oc2ccccc2Cl)coc2cc(OCCc3ccccc3)ccc12. The molecule has 1 aromatic heterocycles. The summed E-state index contributed by atoms with van der Waals surface area (Å²) < 4.78 is 17.0. The van der Waals surface area contributed by atoms with Gasteiger partial charge in [0, 0.05) is 12.5 Å². The summed E-state index contributed by atoms with van der Waals surface area (Å²) in [7, 11) is 0. The molecule has 0 saturated carbocycles. The minimum Gasteiger partial charge on any atom is -0.493 e. The van der Waals surface area contributed by atoms with Crippen LogP contribution < -0.4 is 14.9 Å². The molecule has 0 aliphatic heterocycles. The predicted octanol–water partition coefficient (Wildman–Crippen LogP) is 5.86. The Morgan fingerprint density at radius 2 is 1.68 bits per heavy atom. The van der Waals surface area contributed by atoms with Crippen molar-refractivity contribution in [2.24, 2.45) is 0 Å². The van der Waals surface area contributed by atoms with Crippen molar-refractivity contribution < 1.29 is 13.9 Å². The van der Waals surface area contributed by atoms with Crippen LogP contribution in [0.15, 0.2) is 88.3 Å². The van der Waals surface area contributed by atoms with Gasteiger partial charge in [-0.3, -0.25) is 4.79 Å². The van der Waals surface area contributed by atoms with E-state index in [2.05, 4.69) is 12.1 Å². The number of rotatable bonds is 6. The molecule has 0 radical (unpaired) electrons. The molecule has 4 aromatic rings. The van der Waals surface area contributed by atoms with Gasteiger partial charge in [-0.2, -0.15) is 0 Å². The number of halogens is 1. The third-order valence-corrected chi connectivity index (χ3v) is 4.59. The highest BCUT2D eigenvalue weighted by Gasteiger charge is 2.11. The number of fused-ring (bicyclic) bond motifs is 1. The molecule has 0 amide bonds. The first-order valence-electron chi connectivity index (χ1n) is 8.85. The fraction of sp³-hybridized carbons (Fsp3) is 0.0870. The van der Waals surface area contributed by atoms with Gasteiger partial charge in [0.15, 0.2) is 0 Å². The van der Waals surface area contributed by atoms with Crippen LogP contribution in [0.5, 0.6) is 17.2 Å². The highest BCUT2D eigenvalue weighted by Crippen LogP contribution is 2.29. The van der Waals surface area contributed by atoms with Crippen LogP contribution >= 0.6 is 11.6 Å². The van der Waals surface area contributed by atoms with Crippen molar-refractivity contribution in [3.8, 4) is 17.2 Å². The molecule has 140 valence electrons. The molecule has 0 fully saturated rings. The summed E-state index contributed by atoms with van der Waals surface area (Å²) >= 11 is 6.08. The summed E-state index contributed by atoms with van der Waals surface area (Å²) in [5, 5.41) is 0.837. The van der Waals surface area contributed by atoms with E-state index in [4.69, 9.17) is 25.5 Å². The average Bonchev–Trinajstić information content (AvgIpc) is 2.72. The van der Waals surface area contributed by atoms with E-state index in [0.717, 1.165) is 6.42 Å². The molecule has 0 unspecified atom stereocenters. The van der Waals surface area contributed by atoms with Gasteiger partial charge < -0.3 is 13.9 Å². The van der Waals surface area contributed by atoms with Gasteiger partial charge in [0.1, 0.15) is 23.3 Å². The lowest BCUT2D eigenvalue weighted by Gasteiger charge is -2.09. The second-order valence-corrected chi connectivity index (χ2v) is 6.61. The summed E-state index contributed by atoms with van der Waals surface area (Å²) in [5.41, 5.74) is 1.38. The first-order chi connectivity index (χ1) is 13.7. The van der Waals surface area contributed by atoms with Crippen molar-refractivity contribution in [3.05, 3.63) is 99.9 Å². The molecule has 3 aromatic carbocycles. The van der Waals surface area contributed by atoms with Crippen molar-refractivity contribution >= 4 is 22.6 Å². The lowest BCUT2D eigenvalue weighted by molar-refractivity contribution is 0.322. The van der Waals surface area contributed by atoms with E-state index in [1.807, 2.05) is 18.2 Å². The zero-order valence-electron chi connectivity index (χ0n) is 14.9. The molecule has 0 aliphatic rings. The van der Waals surface area contributed by atoms with Crippen LogP contribution in [-0.2, 0) is 6.42 Å². The van der Waals surface area contributed by atoms with Gasteiger partial charge in [0.2, 0.25) is 11.2 Å². The molecule has 0 saturated heterocycles. The van der Waals surface area contributed by atoms with E-state index in [9.17, 15) is 4.79 Å². The Balaban J connectivity index is 1.51. The normalized spacial score (nSPS) is 10.8. The minimum absolute atomic E-state index is 0.0818. The molecule has 0 bridgehead atoms. The van der Waals surface area contributed by atoms with Crippen molar-refractivity contribution in [3.63, 3.8) is 0 Å². The molecular weight excluding hydrogens is 376 g/mol. The van der Waals surface area contributed by atoms with Crippen LogP contribution in [0.2, 0.25) is 5.02 Å². The Morgan fingerprint density at radius 1 is 0.893 bits per heavy atom. The predicted molar refractivity (Wildman–Crippen MR) is 110 cm³/mol. The van der Waals surface area contributed by atoms with Gasteiger partial charge in [-0.1, -0.05) is 54.1 Å². The summed E-state index contributed by atoms with van der Waals surface area (Å²) in [5.74, 6) is 1.13. The van der Waals surface area contributed by atoms with Crippen molar-refractivity contribution in [2.45, 2.75) is 6.42 Å². The number of para-hydroxylation sites is 1. The smallest absolute Gasteiger partial charge is 0.235 e. The van der Waals surface area contributed by atoms with Crippen LogP contribution in [0.1, 0.15) is 5.56 Å².